The van der Waals surface area contributed by atoms with Crippen molar-refractivity contribution in [3.05, 3.63) is 29.8 Å². The smallest absolute Gasteiger partial charge is 0.251 e. The van der Waals surface area contributed by atoms with E-state index in [-0.39, 0.29) is 24.0 Å². The molecule has 0 atom stereocenters. The summed E-state index contributed by atoms with van der Waals surface area (Å²) in [6, 6.07) is 5.99. The van der Waals surface area contributed by atoms with Gasteiger partial charge in [-0.05, 0) is 31.3 Å². The van der Waals surface area contributed by atoms with Crippen molar-refractivity contribution in [2.75, 3.05) is 46.4 Å². The Morgan fingerprint density at radius 2 is 1.92 bits per heavy atom. The SMILES string of the molecule is CCN(CC)CCNC(=O)c1cccc(S(=O)(=O)NCCOC)c1. The molecule has 1 aromatic rings. The molecule has 1 aromatic carbocycles. The fourth-order valence-corrected chi connectivity index (χ4v) is 3.19. The molecule has 2 N–H and O–H groups in total. The Morgan fingerprint density at radius 3 is 2.54 bits per heavy atom. The third-order valence-corrected chi connectivity index (χ3v) is 5.07. The van der Waals surface area contributed by atoms with Crippen LogP contribution in [0.5, 0.6) is 0 Å². The van der Waals surface area contributed by atoms with E-state index >= 15 is 0 Å². The summed E-state index contributed by atoms with van der Waals surface area (Å²) < 4.78 is 31.6. The van der Waals surface area contributed by atoms with Gasteiger partial charge in [-0.1, -0.05) is 19.9 Å². The predicted octanol–water partition coefficient (Wildman–Crippen LogP) is 0.683. The minimum absolute atomic E-state index is 0.0648. The van der Waals surface area contributed by atoms with Gasteiger partial charge in [0.15, 0.2) is 0 Å². The fourth-order valence-electron chi connectivity index (χ4n) is 2.14. The summed E-state index contributed by atoms with van der Waals surface area (Å²) in [6.45, 7) is 7.72. The normalized spacial score (nSPS) is 11.7. The number of ether oxygens (including phenoxy) is 1. The molecule has 7 nitrogen and oxygen atoms in total. The van der Waals surface area contributed by atoms with Gasteiger partial charge in [0.2, 0.25) is 10.0 Å². The van der Waals surface area contributed by atoms with Gasteiger partial charge >= 0.3 is 0 Å². The molecule has 0 aliphatic heterocycles. The van der Waals surface area contributed by atoms with Gasteiger partial charge in [-0.15, -0.1) is 0 Å². The maximum absolute atomic E-state index is 12.2. The van der Waals surface area contributed by atoms with Crippen LogP contribution in [-0.2, 0) is 14.8 Å². The van der Waals surface area contributed by atoms with Gasteiger partial charge in [0.25, 0.3) is 5.91 Å². The third-order valence-electron chi connectivity index (χ3n) is 3.61. The van der Waals surface area contributed by atoms with Gasteiger partial charge in [0.1, 0.15) is 0 Å². The Morgan fingerprint density at radius 1 is 1.21 bits per heavy atom. The molecule has 0 saturated carbocycles. The van der Waals surface area contributed by atoms with Crippen molar-refractivity contribution in [3.63, 3.8) is 0 Å². The number of carbonyl (C=O) groups is 1. The number of sulfonamides is 1. The molecule has 0 fully saturated rings. The topological polar surface area (TPSA) is 87.7 Å². The zero-order chi connectivity index (χ0) is 18.0. The van der Waals surface area contributed by atoms with E-state index in [4.69, 9.17) is 4.74 Å². The maximum Gasteiger partial charge on any atom is 0.251 e. The van der Waals surface area contributed by atoms with Crippen molar-refractivity contribution < 1.29 is 17.9 Å². The molecular formula is C16H27N3O4S. The fraction of sp³-hybridized carbons (Fsp3) is 0.562. The summed E-state index contributed by atoms with van der Waals surface area (Å²) in [4.78, 5) is 14.4. The van der Waals surface area contributed by atoms with E-state index in [0.29, 0.717) is 12.1 Å². The molecule has 24 heavy (non-hydrogen) atoms. The van der Waals surface area contributed by atoms with Crippen molar-refractivity contribution in [2.45, 2.75) is 18.7 Å². The van der Waals surface area contributed by atoms with E-state index in [2.05, 4.69) is 28.8 Å². The monoisotopic (exact) mass is 357 g/mol. The van der Waals surface area contributed by atoms with Crippen LogP contribution in [0.3, 0.4) is 0 Å². The first-order valence-corrected chi connectivity index (χ1v) is 9.52. The van der Waals surface area contributed by atoms with Crippen LogP contribution in [0, 0.1) is 0 Å². The van der Waals surface area contributed by atoms with Crippen molar-refractivity contribution in [1.29, 1.82) is 0 Å². The first-order valence-electron chi connectivity index (χ1n) is 8.03. The van der Waals surface area contributed by atoms with Gasteiger partial charge in [0.05, 0.1) is 11.5 Å². The lowest BCUT2D eigenvalue weighted by atomic mass is 10.2. The molecule has 0 bridgehead atoms. The van der Waals surface area contributed by atoms with Crippen molar-refractivity contribution >= 4 is 15.9 Å². The minimum atomic E-state index is -3.65. The molecule has 0 unspecified atom stereocenters. The minimum Gasteiger partial charge on any atom is -0.383 e. The highest BCUT2D eigenvalue weighted by Crippen LogP contribution is 2.11. The number of likely N-dealkylation sites (N-methyl/N-ethyl adjacent to an activating group) is 1. The lowest BCUT2D eigenvalue weighted by Crippen LogP contribution is -2.35. The van der Waals surface area contributed by atoms with Crippen LogP contribution in [0.25, 0.3) is 0 Å². The first kappa shape index (κ1) is 20.6. The summed E-state index contributed by atoms with van der Waals surface area (Å²) >= 11 is 0. The van der Waals surface area contributed by atoms with Crippen LogP contribution in [0.4, 0.5) is 0 Å². The Balaban J connectivity index is 2.68. The summed E-state index contributed by atoms with van der Waals surface area (Å²) in [5.41, 5.74) is 0.323. The van der Waals surface area contributed by atoms with Gasteiger partial charge in [-0.2, -0.15) is 0 Å². The highest BCUT2D eigenvalue weighted by molar-refractivity contribution is 7.89. The van der Waals surface area contributed by atoms with Crippen LogP contribution in [0.1, 0.15) is 24.2 Å². The number of amides is 1. The predicted molar refractivity (Wildman–Crippen MR) is 93.6 cm³/mol. The van der Waals surface area contributed by atoms with Crippen LogP contribution in [0.2, 0.25) is 0 Å². The number of hydrogen-bond acceptors (Lipinski definition) is 5. The molecule has 0 aliphatic rings. The Hall–Kier alpha value is -1.48. The van der Waals surface area contributed by atoms with Crippen molar-refractivity contribution in [2.24, 2.45) is 0 Å². The highest BCUT2D eigenvalue weighted by Gasteiger charge is 2.15. The molecule has 0 spiro atoms. The molecule has 136 valence electrons. The van der Waals surface area contributed by atoms with E-state index in [1.54, 1.807) is 12.1 Å². The van der Waals surface area contributed by atoms with Gasteiger partial charge in [-0.25, -0.2) is 13.1 Å². The zero-order valence-corrected chi connectivity index (χ0v) is 15.4. The van der Waals surface area contributed by atoms with Crippen LogP contribution < -0.4 is 10.0 Å². The summed E-state index contributed by atoms with van der Waals surface area (Å²) in [5.74, 6) is -0.281. The number of nitrogens with one attached hydrogen (secondary N) is 2. The average molecular weight is 357 g/mol. The summed E-state index contributed by atoms with van der Waals surface area (Å²) in [5, 5.41) is 2.81. The van der Waals surface area contributed by atoms with E-state index in [9.17, 15) is 13.2 Å². The number of hydrogen-bond donors (Lipinski definition) is 2. The van der Waals surface area contributed by atoms with E-state index < -0.39 is 10.0 Å². The number of carbonyl (C=O) groups excluding carboxylic acids is 1. The number of methoxy groups -OCH3 is 1. The molecule has 0 heterocycles. The maximum atomic E-state index is 12.2. The van der Waals surface area contributed by atoms with Crippen LogP contribution >= 0.6 is 0 Å². The van der Waals surface area contributed by atoms with Gasteiger partial charge < -0.3 is 15.0 Å². The van der Waals surface area contributed by atoms with Gasteiger partial charge in [-0.3, -0.25) is 4.79 Å². The lowest BCUT2D eigenvalue weighted by Gasteiger charge is -2.18. The lowest BCUT2D eigenvalue weighted by molar-refractivity contribution is 0.0948. The molecule has 0 radical (unpaired) electrons. The molecule has 8 heteroatoms. The number of nitrogens with zero attached hydrogens (tertiary/aromatic N) is 1. The van der Waals surface area contributed by atoms with Crippen molar-refractivity contribution in [1.82, 2.24) is 14.9 Å². The molecule has 0 aliphatic carbocycles. The average Bonchev–Trinajstić information content (AvgIpc) is 2.59. The van der Waals surface area contributed by atoms with Crippen molar-refractivity contribution in [3.8, 4) is 0 Å². The molecule has 1 rings (SSSR count). The van der Waals surface area contributed by atoms with Crippen LogP contribution in [-0.4, -0.2) is 65.7 Å². The molecule has 0 aromatic heterocycles. The molecule has 0 saturated heterocycles. The second-order valence-electron chi connectivity index (χ2n) is 5.20. The quantitative estimate of drug-likeness (QED) is 0.569. The van der Waals surface area contributed by atoms with E-state index in [0.717, 1.165) is 19.6 Å². The number of benzene rings is 1. The zero-order valence-electron chi connectivity index (χ0n) is 14.5. The Kier molecular flexibility index (Phi) is 8.91. The van der Waals surface area contributed by atoms with Crippen LogP contribution in [0.15, 0.2) is 29.2 Å². The second kappa shape index (κ2) is 10.4. The molecule has 1 amide bonds. The first-order chi connectivity index (χ1) is 11.4. The highest BCUT2D eigenvalue weighted by atomic mass is 32.2. The summed E-state index contributed by atoms with van der Waals surface area (Å²) in [6.07, 6.45) is 0. The largest absolute Gasteiger partial charge is 0.383 e. The Bertz CT molecular complexity index is 616. The second-order valence-corrected chi connectivity index (χ2v) is 6.97. The van der Waals surface area contributed by atoms with Gasteiger partial charge in [0, 0.05) is 32.3 Å². The van der Waals surface area contributed by atoms with E-state index in [1.165, 1.54) is 19.2 Å². The molecular weight excluding hydrogens is 330 g/mol. The standard InChI is InChI=1S/C16H27N3O4S/c1-4-19(5-2)11-9-17-16(20)14-7-6-8-15(13-14)24(21,22)18-10-12-23-3/h6-8,13,18H,4-5,9-12H2,1-3H3,(H,17,20). The van der Waals surface area contributed by atoms with E-state index in [1.807, 2.05) is 0 Å². The number of rotatable bonds is 11. The Labute approximate surface area is 144 Å². The summed E-state index contributed by atoms with van der Waals surface area (Å²) in [7, 11) is -2.15. The third kappa shape index (κ3) is 6.56.